The van der Waals surface area contributed by atoms with Crippen LogP contribution in [-0.2, 0) is 0 Å². The molecule has 1 fully saturated rings. The molecule has 25 heavy (non-hydrogen) atoms. The summed E-state index contributed by atoms with van der Waals surface area (Å²) in [4.78, 5) is 16.7. The molecule has 3 rings (SSSR count). The van der Waals surface area contributed by atoms with E-state index < -0.39 is 0 Å². The fourth-order valence-corrected chi connectivity index (χ4v) is 3.12. The third-order valence-corrected chi connectivity index (χ3v) is 4.67. The number of nitrogens with one attached hydrogen (secondary N) is 1. The first kappa shape index (κ1) is 17.0. The standard InChI is InChI=1S/C20H22N4O/c1-16(18-7-3-2-4-8-18)23-10-12-24(13-11-23)20(25)22-19-9-5-6-17(14-19)15-21/h2-9,14,16H,10-13H2,1H3,(H,22,25). The van der Waals surface area contributed by atoms with Crippen molar-refractivity contribution in [3.05, 3.63) is 65.7 Å². The lowest BCUT2D eigenvalue weighted by atomic mass is 10.1. The Morgan fingerprint density at radius 2 is 1.80 bits per heavy atom. The van der Waals surface area contributed by atoms with E-state index in [1.165, 1.54) is 5.56 Å². The Morgan fingerprint density at radius 1 is 1.08 bits per heavy atom. The maximum absolute atomic E-state index is 12.4. The number of amides is 2. The predicted octanol–water partition coefficient (Wildman–Crippen LogP) is 3.47. The normalized spacial score (nSPS) is 16.1. The Morgan fingerprint density at radius 3 is 2.48 bits per heavy atom. The largest absolute Gasteiger partial charge is 0.322 e. The van der Waals surface area contributed by atoms with Gasteiger partial charge < -0.3 is 10.2 Å². The van der Waals surface area contributed by atoms with Crippen LogP contribution in [-0.4, -0.2) is 42.0 Å². The zero-order valence-electron chi connectivity index (χ0n) is 14.4. The first-order chi connectivity index (χ1) is 12.2. The molecule has 5 nitrogen and oxygen atoms in total. The summed E-state index contributed by atoms with van der Waals surface area (Å²) < 4.78 is 0. The molecule has 128 valence electrons. The Labute approximate surface area is 148 Å². The second kappa shape index (κ2) is 7.82. The minimum Gasteiger partial charge on any atom is -0.322 e. The zero-order valence-corrected chi connectivity index (χ0v) is 14.4. The van der Waals surface area contributed by atoms with Crippen molar-refractivity contribution >= 4 is 11.7 Å². The van der Waals surface area contributed by atoms with Crippen LogP contribution < -0.4 is 5.32 Å². The van der Waals surface area contributed by atoms with Crippen molar-refractivity contribution in [3.8, 4) is 6.07 Å². The van der Waals surface area contributed by atoms with E-state index in [9.17, 15) is 4.79 Å². The molecule has 5 heteroatoms. The SMILES string of the molecule is CC(c1ccccc1)N1CCN(C(=O)Nc2cccc(C#N)c2)CC1. The van der Waals surface area contributed by atoms with Crippen LogP contribution in [0.15, 0.2) is 54.6 Å². The number of benzene rings is 2. The van der Waals surface area contributed by atoms with E-state index in [0.29, 0.717) is 30.4 Å². The average Bonchev–Trinajstić information content (AvgIpc) is 2.68. The minimum absolute atomic E-state index is 0.109. The summed E-state index contributed by atoms with van der Waals surface area (Å²) in [5.74, 6) is 0. The highest BCUT2D eigenvalue weighted by molar-refractivity contribution is 5.89. The molecule has 1 aliphatic rings. The van der Waals surface area contributed by atoms with E-state index >= 15 is 0 Å². The van der Waals surface area contributed by atoms with Crippen LogP contribution in [0, 0.1) is 11.3 Å². The molecule has 2 aromatic carbocycles. The molecule has 2 aromatic rings. The number of urea groups is 1. The van der Waals surface area contributed by atoms with Gasteiger partial charge in [-0.3, -0.25) is 4.90 Å². The minimum atomic E-state index is -0.109. The Kier molecular flexibility index (Phi) is 5.32. The number of nitriles is 1. The predicted molar refractivity (Wildman–Crippen MR) is 98.2 cm³/mol. The third-order valence-electron chi connectivity index (χ3n) is 4.67. The van der Waals surface area contributed by atoms with Crippen LogP contribution in [0.25, 0.3) is 0 Å². The van der Waals surface area contributed by atoms with Gasteiger partial charge in [0, 0.05) is 37.9 Å². The fraction of sp³-hybridized carbons (Fsp3) is 0.300. The maximum atomic E-state index is 12.4. The molecular weight excluding hydrogens is 312 g/mol. The quantitative estimate of drug-likeness (QED) is 0.935. The maximum Gasteiger partial charge on any atom is 0.321 e. The molecule has 0 bridgehead atoms. The summed E-state index contributed by atoms with van der Waals surface area (Å²) >= 11 is 0. The third kappa shape index (κ3) is 4.17. The van der Waals surface area contributed by atoms with Gasteiger partial charge in [0.15, 0.2) is 0 Å². The lowest BCUT2D eigenvalue weighted by Gasteiger charge is -2.38. The van der Waals surface area contributed by atoms with Gasteiger partial charge in [-0.25, -0.2) is 4.79 Å². The highest BCUT2D eigenvalue weighted by atomic mass is 16.2. The molecule has 0 aliphatic carbocycles. The van der Waals surface area contributed by atoms with Crippen molar-refractivity contribution in [1.82, 2.24) is 9.80 Å². The van der Waals surface area contributed by atoms with Crippen LogP contribution >= 0.6 is 0 Å². The van der Waals surface area contributed by atoms with Crippen molar-refractivity contribution in [2.24, 2.45) is 0 Å². The monoisotopic (exact) mass is 334 g/mol. The Hall–Kier alpha value is -2.84. The van der Waals surface area contributed by atoms with E-state index in [1.807, 2.05) is 11.0 Å². The molecule has 1 saturated heterocycles. The van der Waals surface area contributed by atoms with Crippen LogP contribution in [0.4, 0.5) is 10.5 Å². The second-order valence-corrected chi connectivity index (χ2v) is 6.23. The van der Waals surface area contributed by atoms with Gasteiger partial charge in [0.1, 0.15) is 0 Å². The van der Waals surface area contributed by atoms with Gasteiger partial charge in [0.2, 0.25) is 0 Å². The smallest absolute Gasteiger partial charge is 0.321 e. The molecule has 0 saturated carbocycles. The number of carbonyl (C=O) groups is 1. The first-order valence-electron chi connectivity index (χ1n) is 8.52. The van der Waals surface area contributed by atoms with E-state index in [0.717, 1.165) is 13.1 Å². The molecule has 1 N–H and O–H groups in total. The molecule has 1 atom stereocenters. The van der Waals surface area contributed by atoms with Crippen molar-refractivity contribution < 1.29 is 4.79 Å². The van der Waals surface area contributed by atoms with Crippen LogP contribution in [0.3, 0.4) is 0 Å². The van der Waals surface area contributed by atoms with Gasteiger partial charge >= 0.3 is 6.03 Å². The number of piperazine rings is 1. The Balaban J connectivity index is 1.55. The summed E-state index contributed by atoms with van der Waals surface area (Å²) in [6.45, 7) is 5.30. The fourth-order valence-electron chi connectivity index (χ4n) is 3.12. The summed E-state index contributed by atoms with van der Waals surface area (Å²) in [5.41, 5.74) is 2.50. The summed E-state index contributed by atoms with van der Waals surface area (Å²) in [6.07, 6.45) is 0. The van der Waals surface area contributed by atoms with Gasteiger partial charge in [-0.2, -0.15) is 5.26 Å². The molecule has 1 heterocycles. The van der Waals surface area contributed by atoms with E-state index in [1.54, 1.807) is 24.3 Å². The highest BCUT2D eigenvalue weighted by Crippen LogP contribution is 2.21. The number of anilines is 1. The number of hydrogen-bond donors (Lipinski definition) is 1. The van der Waals surface area contributed by atoms with Gasteiger partial charge in [0.05, 0.1) is 11.6 Å². The molecule has 0 aromatic heterocycles. The van der Waals surface area contributed by atoms with Gasteiger partial charge in [-0.05, 0) is 30.7 Å². The van der Waals surface area contributed by atoms with Crippen molar-refractivity contribution in [2.45, 2.75) is 13.0 Å². The van der Waals surface area contributed by atoms with Gasteiger partial charge in [-0.15, -0.1) is 0 Å². The van der Waals surface area contributed by atoms with E-state index in [4.69, 9.17) is 5.26 Å². The Bertz CT molecular complexity index is 761. The summed E-state index contributed by atoms with van der Waals surface area (Å²) in [5, 5.41) is 11.8. The number of carbonyl (C=O) groups excluding carboxylic acids is 1. The van der Waals surface area contributed by atoms with Crippen molar-refractivity contribution in [2.75, 3.05) is 31.5 Å². The molecule has 0 spiro atoms. The molecule has 1 unspecified atom stereocenters. The lowest BCUT2D eigenvalue weighted by Crippen LogP contribution is -2.50. The molecule has 1 aliphatic heterocycles. The summed E-state index contributed by atoms with van der Waals surface area (Å²) in [6, 6.07) is 19.7. The topological polar surface area (TPSA) is 59.4 Å². The van der Waals surface area contributed by atoms with E-state index in [2.05, 4.69) is 47.5 Å². The van der Waals surface area contributed by atoms with Gasteiger partial charge in [-0.1, -0.05) is 36.4 Å². The van der Waals surface area contributed by atoms with Crippen molar-refractivity contribution in [1.29, 1.82) is 5.26 Å². The van der Waals surface area contributed by atoms with Gasteiger partial charge in [0.25, 0.3) is 0 Å². The lowest BCUT2D eigenvalue weighted by molar-refractivity contribution is 0.119. The second-order valence-electron chi connectivity index (χ2n) is 6.23. The number of rotatable bonds is 3. The average molecular weight is 334 g/mol. The number of hydrogen-bond acceptors (Lipinski definition) is 3. The molecule has 2 amide bonds. The van der Waals surface area contributed by atoms with Crippen LogP contribution in [0.5, 0.6) is 0 Å². The summed E-state index contributed by atoms with van der Waals surface area (Å²) in [7, 11) is 0. The number of nitrogens with zero attached hydrogens (tertiary/aromatic N) is 3. The first-order valence-corrected chi connectivity index (χ1v) is 8.52. The zero-order chi connectivity index (χ0) is 17.6. The van der Waals surface area contributed by atoms with Crippen LogP contribution in [0.2, 0.25) is 0 Å². The van der Waals surface area contributed by atoms with Crippen LogP contribution in [0.1, 0.15) is 24.1 Å². The molecular formula is C20H22N4O. The highest BCUT2D eigenvalue weighted by Gasteiger charge is 2.24. The van der Waals surface area contributed by atoms with Crippen molar-refractivity contribution in [3.63, 3.8) is 0 Å². The molecule has 0 radical (unpaired) electrons. The van der Waals surface area contributed by atoms with E-state index in [-0.39, 0.29) is 6.03 Å².